The minimum Gasteiger partial charge on any atom is -0.375 e. The Morgan fingerprint density at radius 1 is 1.16 bits per heavy atom. The van der Waals surface area contributed by atoms with Gasteiger partial charge < -0.3 is 20.3 Å². The van der Waals surface area contributed by atoms with Gasteiger partial charge in [0, 0.05) is 38.1 Å². The molecular weight excluding hydrogens is 404 g/mol. The number of nitrogens with zero attached hydrogens (tertiary/aromatic N) is 2. The van der Waals surface area contributed by atoms with Crippen LogP contribution in [0.25, 0.3) is 0 Å². The highest BCUT2D eigenvalue weighted by molar-refractivity contribution is 5.92. The van der Waals surface area contributed by atoms with Gasteiger partial charge in [-0.2, -0.15) is 0 Å². The summed E-state index contributed by atoms with van der Waals surface area (Å²) in [5.74, 6) is 0.233. The maximum atomic E-state index is 12.7. The van der Waals surface area contributed by atoms with Crippen LogP contribution in [0, 0.1) is 19.8 Å². The molecule has 2 saturated heterocycles. The van der Waals surface area contributed by atoms with Crippen molar-refractivity contribution in [3.05, 3.63) is 59.4 Å². The van der Waals surface area contributed by atoms with Gasteiger partial charge in [0.2, 0.25) is 0 Å². The second-order valence-electron chi connectivity index (χ2n) is 9.03. The second-order valence-corrected chi connectivity index (χ2v) is 9.03. The van der Waals surface area contributed by atoms with Crippen molar-refractivity contribution in [2.24, 2.45) is 5.92 Å². The number of pyridine rings is 1. The minimum atomic E-state index is -0.199. The fraction of sp³-hybridized carbons (Fsp3) is 0.480. The van der Waals surface area contributed by atoms with Gasteiger partial charge in [-0.25, -0.2) is 4.79 Å². The van der Waals surface area contributed by atoms with Crippen LogP contribution in [-0.2, 0) is 4.74 Å². The largest absolute Gasteiger partial charge is 0.375 e. The summed E-state index contributed by atoms with van der Waals surface area (Å²) < 4.78 is 6.22. The van der Waals surface area contributed by atoms with Crippen LogP contribution < -0.4 is 10.6 Å². The van der Waals surface area contributed by atoms with Crippen molar-refractivity contribution in [1.82, 2.24) is 15.2 Å². The van der Waals surface area contributed by atoms with Gasteiger partial charge in [0.05, 0.1) is 5.60 Å². The third-order valence-electron chi connectivity index (χ3n) is 6.76. The molecule has 1 spiro atoms. The molecule has 0 bridgehead atoms. The summed E-state index contributed by atoms with van der Waals surface area (Å²) in [6, 6.07) is 11.3. The number of hydrogen-bond acceptors (Lipinski definition) is 4. The third-order valence-corrected chi connectivity index (χ3v) is 6.76. The van der Waals surface area contributed by atoms with Gasteiger partial charge in [0.15, 0.2) is 0 Å². The Hall–Kier alpha value is -2.93. The molecule has 2 aliphatic heterocycles. The molecule has 2 aromatic rings. The first kappa shape index (κ1) is 22.3. The predicted molar refractivity (Wildman–Crippen MR) is 124 cm³/mol. The van der Waals surface area contributed by atoms with E-state index in [1.807, 2.05) is 36.1 Å². The van der Waals surface area contributed by atoms with Gasteiger partial charge in [-0.15, -0.1) is 0 Å². The number of nitrogens with one attached hydrogen (secondary N) is 2. The molecule has 2 fully saturated rings. The number of likely N-dealkylation sites (tertiary alicyclic amines) is 1. The van der Waals surface area contributed by atoms with Crippen LogP contribution in [0.2, 0.25) is 0 Å². The molecule has 1 aromatic heterocycles. The Kier molecular flexibility index (Phi) is 6.74. The topological polar surface area (TPSA) is 83.6 Å². The van der Waals surface area contributed by atoms with Crippen LogP contribution in [0.4, 0.5) is 10.5 Å². The molecule has 1 atom stereocenters. The van der Waals surface area contributed by atoms with Gasteiger partial charge in [0.25, 0.3) is 5.91 Å². The van der Waals surface area contributed by atoms with E-state index in [0.29, 0.717) is 37.9 Å². The Morgan fingerprint density at radius 3 is 2.69 bits per heavy atom. The number of rotatable bonds is 4. The molecule has 170 valence electrons. The molecule has 3 amide bonds. The first-order valence-corrected chi connectivity index (χ1v) is 11.4. The molecule has 3 heterocycles. The van der Waals surface area contributed by atoms with Crippen molar-refractivity contribution in [2.45, 2.75) is 45.1 Å². The third kappa shape index (κ3) is 5.27. The summed E-state index contributed by atoms with van der Waals surface area (Å²) >= 11 is 0. The fourth-order valence-corrected chi connectivity index (χ4v) is 4.62. The summed E-state index contributed by atoms with van der Waals surface area (Å²) in [6.45, 7) is 6.77. The van der Waals surface area contributed by atoms with Crippen molar-refractivity contribution in [3.8, 4) is 0 Å². The first-order chi connectivity index (χ1) is 15.4. The highest BCUT2D eigenvalue weighted by Gasteiger charge is 2.41. The van der Waals surface area contributed by atoms with Gasteiger partial charge >= 0.3 is 6.03 Å². The molecule has 7 nitrogen and oxygen atoms in total. The van der Waals surface area contributed by atoms with Crippen molar-refractivity contribution in [2.75, 3.05) is 31.6 Å². The van der Waals surface area contributed by atoms with E-state index in [1.54, 1.807) is 18.3 Å². The van der Waals surface area contributed by atoms with E-state index in [9.17, 15) is 9.59 Å². The van der Waals surface area contributed by atoms with Crippen LogP contribution in [-0.4, -0.2) is 53.7 Å². The van der Waals surface area contributed by atoms with Gasteiger partial charge in [0.1, 0.15) is 5.69 Å². The quantitative estimate of drug-likeness (QED) is 0.761. The van der Waals surface area contributed by atoms with Crippen LogP contribution in [0.15, 0.2) is 42.6 Å². The molecule has 4 rings (SSSR count). The molecule has 2 aliphatic rings. The normalized spacial score (nSPS) is 20.1. The van der Waals surface area contributed by atoms with E-state index < -0.39 is 0 Å². The number of carbonyl (C=O) groups is 2. The van der Waals surface area contributed by atoms with Gasteiger partial charge in [-0.1, -0.05) is 12.1 Å². The number of anilines is 1. The maximum Gasteiger partial charge on any atom is 0.321 e. The minimum absolute atomic E-state index is 0.0573. The summed E-state index contributed by atoms with van der Waals surface area (Å²) in [6.07, 6.45) is 5.10. The summed E-state index contributed by atoms with van der Waals surface area (Å²) in [5.41, 5.74) is 3.45. The first-order valence-electron chi connectivity index (χ1n) is 11.4. The number of piperidine rings is 1. The number of hydrogen-bond donors (Lipinski definition) is 2. The van der Waals surface area contributed by atoms with Gasteiger partial charge in [-0.3, -0.25) is 9.78 Å². The van der Waals surface area contributed by atoms with Crippen molar-refractivity contribution >= 4 is 17.6 Å². The molecule has 1 unspecified atom stereocenters. The zero-order chi connectivity index (χ0) is 22.6. The number of aromatic nitrogens is 1. The highest BCUT2D eigenvalue weighted by atomic mass is 16.5. The van der Waals surface area contributed by atoms with Gasteiger partial charge in [-0.05, 0) is 80.8 Å². The molecule has 0 radical (unpaired) electrons. The van der Waals surface area contributed by atoms with E-state index in [-0.39, 0.29) is 17.5 Å². The lowest BCUT2D eigenvalue weighted by atomic mass is 9.79. The van der Waals surface area contributed by atoms with Crippen molar-refractivity contribution in [1.29, 1.82) is 0 Å². The average molecular weight is 437 g/mol. The lowest BCUT2D eigenvalue weighted by molar-refractivity contribution is -0.122. The number of urea groups is 1. The highest BCUT2D eigenvalue weighted by Crippen LogP contribution is 2.37. The molecule has 32 heavy (non-hydrogen) atoms. The molecule has 1 aromatic carbocycles. The Bertz CT molecular complexity index is 955. The van der Waals surface area contributed by atoms with Crippen LogP contribution in [0.1, 0.15) is 47.3 Å². The summed E-state index contributed by atoms with van der Waals surface area (Å²) in [5, 5.41) is 6.04. The van der Waals surface area contributed by atoms with E-state index >= 15 is 0 Å². The Balaban J connectivity index is 1.27. The maximum absolute atomic E-state index is 12.7. The standard InChI is InChI=1S/C25H32N4O3/c1-18-6-7-21(15-19(18)2)28-24(31)29-12-9-25(10-13-29)16-20(8-14-32-25)17-27-23(30)22-5-3-4-11-26-22/h3-7,11,15,20H,8-10,12-14,16-17H2,1-2H3,(H,27,30)(H,28,31). The number of amides is 3. The number of benzene rings is 1. The molecule has 0 saturated carbocycles. The number of aryl methyl sites for hydroxylation is 2. The Labute approximate surface area is 189 Å². The SMILES string of the molecule is Cc1ccc(NC(=O)N2CCC3(CC2)CC(CNC(=O)c2ccccn2)CCO3)cc1C. The molecule has 7 heteroatoms. The monoisotopic (exact) mass is 436 g/mol. The lowest BCUT2D eigenvalue weighted by Gasteiger charge is -2.46. The second kappa shape index (κ2) is 9.69. The molecule has 0 aliphatic carbocycles. The summed E-state index contributed by atoms with van der Waals surface area (Å²) in [4.78, 5) is 31.0. The lowest BCUT2D eigenvalue weighted by Crippen LogP contribution is -2.52. The number of ether oxygens (including phenoxy) is 1. The zero-order valence-corrected chi connectivity index (χ0v) is 18.9. The van der Waals surface area contributed by atoms with Crippen molar-refractivity contribution in [3.63, 3.8) is 0 Å². The van der Waals surface area contributed by atoms with E-state index in [1.165, 1.54) is 5.56 Å². The Morgan fingerprint density at radius 2 is 1.97 bits per heavy atom. The smallest absolute Gasteiger partial charge is 0.321 e. The van der Waals surface area contributed by atoms with Crippen LogP contribution >= 0.6 is 0 Å². The number of carbonyl (C=O) groups excluding carboxylic acids is 2. The van der Waals surface area contributed by atoms with E-state index in [2.05, 4.69) is 22.5 Å². The fourth-order valence-electron chi connectivity index (χ4n) is 4.62. The molecular formula is C25H32N4O3. The summed E-state index contributed by atoms with van der Waals surface area (Å²) in [7, 11) is 0. The van der Waals surface area contributed by atoms with E-state index in [4.69, 9.17) is 4.74 Å². The van der Waals surface area contributed by atoms with E-state index in [0.717, 1.165) is 36.9 Å². The van der Waals surface area contributed by atoms with Crippen LogP contribution in [0.3, 0.4) is 0 Å². The predicted octanol–water partition coefficient (Wildman–Crippen LogP) is 3.92. The molecule has 2 N–H and O–H groups in total. The van der Waals surface area contributed by atoms with Crippen molar-refractivity contribution < 1.29 is 14.3 Å². The average Bonchev–Trinajstić information content (AvgIpc) is 2.81. The zero-order valence-electron chi connectivity index (χ0n) is 18.9. The van der Waals surface area contributed by atoms with Crippen LogP contribution in [0.5, 0.6) is 0 Å².